The number of carbonyl (C=O) groups is 1. The SMILES string of the molecule is CC1(NC(=O)c2cc(F)cc(S(N)(=O)=O)c2)CCCCC1. The molecule has 0 heterocycles. The first-order chi connectivity index (χ1) is 9.70. The largest absolute Gasteiger partial charge is 0.347 e. The highest BCUT2D eigenvalue weighted by molar-refractivity contribution is 7.89. The number of hydrogen-bond acceptors (Lipinski definition) is 3. The van der Waals surface area contributed by atoms with E-state index in [1.807, 2.05) is 6.92 Å². The molecule has 0 unspecified atom stereocenters. The molecule has 1 aliphatic carbocycles. The molecule has 3 N–H and O–H groups in total. The summed E-state index contributed by atoms with van der Waals surface area (Å²) in [6, 6.07) is 2.91. The van der Waals surface area contributed by atoms with Crippen LogP contribution in [0.4, 0.5) is 4.39 Å². The van der Waals surface area contributed by atoms with Crippen molar-refractivity contribution in [2.45, 2.75) is 49.5 Å². The summed E-state index contributed by atoms with van der Waals surface area (Å²) < 4.78 is 36.1. The third-order valence-electron chi connectivity index (χ3n) is 3.83. The van der Waals surface area contributed by atoms with Gasteiger partial charge >= 0.3 is 0 Å². The summed E-state index contributed by atoms with van der Waals surface area (Å²) in [6.07, 6.45) is 4.91. The number of amides is 1. The Kier molecular flexibility index (Phi) is 4.34. The average molecular weight is 314 g/mol. The lowest BCUT2D eigenvalue weighted by Gasteiger charge is -2.34. The maximum absolute atomic E-state index is 13.5. The standard InChI is InChI=1S/C14H19FN2O3S/c1-14(5-3-2-4-6-14)17-13(18)10-7-11(15)9-12(8-10)21(16,19)20/h7-9H,2-6H2,1H3,(H,17,18)(H2,16,19,20). The summed E-state index contributed by atoms with van der Waals surface area (Å²) in [5.74, 6) is -1.29. The number of benzene rings is 1. The van der Waals surface area contributed by atoms with E-state index in [1.165, 1.54) is 0 Å². The molecule has 0 spiro atoms. The molecule has 1 aliphatic rings. The summed E-state index contributed by atoms with van der Waals surface area (Å²) in [6.45, 7) is 1.95. The third-order valence-corrected chi connectivity index (χ3v) is 4.73. The predicted molar refractivity (Wildman–Crippen MR) is 76.7 cm³/mol. The normalized spacial score (nSPS) is 18.2. The molecule has 1 saturated carbocycles. The van der Waals surface area contributed by atoms with E-state index in [0.717, 1.165) is 50.3 Å². The fourth-order valence-corrected chi connectivity index (χ4v) is 3.23. The molecule has 21 heavy (non-hydrogen) atoms. The zero-order valence-electron chi connectivity index (χ0n) is 11.9. The van der Waals surface area contributed by atoms with Gasteiger partial charge in [0.2, 0.25) is 10.0 Å². The van der Waals surface area contributed by atoms with Crippen molar-refractivity contribution >= 4 is 15.9 Å². The number of sulfonamides is 1. The second kappa shape index (κ2) is 5.73. The molecule has 0 radical (unpaired) electrons. The fraction of sp³-hybridized carbons (Fsp3) is 0.500. The molecule has 116 valence electrons. The zero-order chi connectivity index (χ0) is 15.7. The number of nitrogens with one attached hydrogen (secondary N) is 1. The van der Waals surface area contributed by atoms with Gasteiger partial charge in [0.1, 0.15) is 5.82 Å². The first-order valence-electron chi connectivity index (χ1n) is 6.86. The van der Waals surface area contributed by atoms with Crippen molar-refractivity contribution in [2.75, 3.05) is 0 Å². The van der Waals surface area contributed by atoms with E-state index < -0.39 is 26.6 Å². The van der Waals surface area contributed by atoms with E-state index in [2.05, 4.69) is 5.32 Å². The highest BCUT2D eigenvalue weighted by atomic mass is 32.2. The number of rotatable bonds is 3. The smallest absolute Gasteiger partial charge is 0.251 e. The molecule has 5 nitrogen and oxygen atoms in total. The average Bonchev–Trinajstić information content (AvgIpc) is 2.37. The fourth-order valence-electron chi connectivity index (χ4n) is 2.66. The van der Waals surface area contributed by atoms with Gasteiger partial charge in [0.25, 0.3) is 5.91 Å². The van der Waals surface area contributed by atoms with Crippen molar-refractivity contribution in [3.8, 4) is 0 Å². The Morgan fingerprint density at radius 2 is 1.86 bits per heavy atom. The molecule has 0 bridgehead atoms. The van der Waals surface area contributed by atoms with Crippen LogP contribution in [0.25, 0.3) is 0 Å². The van der Waals surface area contributed by atoms with Gasteiger partial charge in [-0.05, 0) is 38.0 Å². The van der Waals surface area contributed by atoms with Crippen LogP contribution in [0.1, 0.15) is 49.4 Å². The maximum atomic E-state index is 13.5. The van der Waals surface area contributed by atoms with Crippen molar-refractivity contribution in [1.82, 2.24) is 5.32 Å². The molecule has 1 amide bonds. The Balaban J connectivity index is 2.25. The molecule has 1 fully saturated rings. The predicted octanol–water partition coefficient (Wildman–Crippen LogP) is 1.93. The van der Waals surface area contributed by atoms with Gasteiger partial charge in [0.15, 0.2) is 0 Å². The Bertz CT molecular complexity index is 652. The summed E-state index contributed by atoms with van der Waals surface area (Å²) in [4.78, 5) is 11.8. The number of carbonyl (C=O) groups excluding carboxylic acids is 1. The van der Waals surface area contributed by atoms with Crippen molar-refractivity contribution in [1.29, 1.82) is 0 Å². The Labute approximate surface area is 123 Å². The summed E-state index contributed by atoms with van der Waals surface area (Å²) in [7, 11) is -4.05. The van der Waals surface area contributed by atoms with E-state index in [-0.39, 0.29) is 11.1 Å². The van der Waals surface area contributed by atoms with Crippen LogP contribution in [0, 0.1) is 5.82 Å². The van der Waals surface area contributed by atoms with Crippen molar-refractivity contribution in [3.63, 3.8) is 0 Å². The number of primary sulfonamides is 1. The van der Waals surface area contributed by atoms with Crippen LogP contribution in [0.15, 0.2) is 23.1 Å². The molecule has 0 aromatic heterocycles. The van der Waals surface area contributed by atoms with Gasteiger partial charge in [0.05, 0.1) is 4.90 Å². The summed E-state index contributed by atoms with van der Waals surface area (Å²) in [5, 5.41) is 7.85. The Morgan fingerprint density at radius 1 is 1.24 bits per heavy atom. The molecular weight excluding hydrogens is 295 g/mol. The molecule has 0 saturated heterocycles. The first-order valence-corrected chi connectivity index (χ1v) is 8.40. The Hall–Kier alpha value is -1.47. The van der Waals surface area contributed by atoms with Crippen molar-refractivity contribution in [3.05, 3.63) is 29.6 Å². The van der Waals surface area contributed by atoms with Gasteiger partial charge < -0.3 is 5.32 Å². The van der Waals surface area contributed by atoms with Crippen LogP contribution in [-0.4, -0.2) is 19.9 Å². The van der Waals surface area contributed by atoms with E-state index in [4.69, 9.17) is 5.14 Å². The van der Waals surface area contributed by atoms with Crippen LogP contribution in [0.3, 0.4) is 0 Å². The maximum Gasteiger partial charge on any atom is 0.251 e. The van der Waals surface area contributed by atoms with Crippen LogP contribution < -0.4 is 10.5 Å². The van der Waals surface area contributed by atoms with Crippen LogP contribution in [0.2, 0.25) is 0 Å². The first kappa shape index (κ1) is 15.9. The Morgan fingerprint density at radius 3 is 2.43 bits per heavy atom. The molecule has 2 rings (SSSR count). The monoisotopic (exact) mass is 314 g/mol. The van der Waals surface area contributed by atoms with Gasteiger partial charge in [-0.15, -0.1) is 0 Å². The highest BCUT2D eigenvalue weighted by Gasteiger charge is 2.29. The number of halogens is 1. The van der Waals surface area contributed by atoms with Gasteiger partial charge in [0, 0.05) is 11.1 Å². The lowest BCUT2D eigenvalue weighted by atomic mass is 9.83. The molecular formula is C14H19FN2O3S. The molecule has 0 atom stereocenters. The van der Waals surface area contributed by atoms with Gasteiger partial charge in [-0.1, -0.05) is 19.3 Å². The van der Waals surface area contributed by atoms with Crippen LogP contribution >= 0.6 is 0 Å². The molecule has 0 aliphatic heterocycles. The number of nitrogens with two attached hydrogens (primary N) is 1. The van der Waals surface area contributed by atoms with Crippen molar-refractivity contribution < 1.29 is 17.6 Å². The van der Waals surface area contributed by atoms with E-state index in [1.54, 1.807) is 0 Å². The lowest BCUT2D eigenvalue weighted by molar-refractivity contribution is 0.0882. The highest BCUT2D eigenvalue weighted by Crippen LogP contribution is 2.28. The number of hydrogen-bond donors (Lipinski definition) is 2. The summed E-state index contributed by atoms with van der Waals surface area (Å²) >= 11 is 0. The van der Waals surface area contributed by atoms with E-state index >= 15 is 0 Å². The van der Waals surface area contributed by atoms with Crippen LogP contribution in [0.5, 0.6) is 0 Å². The van der Waals surface area contributed by atoms with Gasteiger partial charge in [-0.3, -0.25) is 4.79 Å². The minimum atomic E-state index is -4.05. The van der Waals surface area contributed by atoms with E-state index in [0.29, 0.717) is 0 Å². The quantitative estimate of drug-likeness (QED) is 0.893. The lowest BCUT2D eigenvalue weighted by Crippen LogP contribution is -2.47. The van der Waals surface area contributed by atoms with Gasteiger partial charge in [-0.2, -0.15) is 0 Å². The molecule has 1 aromatic carbocycles. The zero-order valence-corrected chi connectivity index (χ0v) is 12.7. The molecule has 1 aromatic rings. The minimum absolute atomic E-state index is 0.0363. The van der Waals surface area contributed by atoms with Crippen LogP contribution in [-0.2, 0) is 10.0 Å². The van der Waals surface area contributed by atoms with E-state index in [9.17, 15) is 17.6 Å². The molecule has 7 heteroatoms. The van der Waals surface area contributed by atoms with Crippen molar-refractivity contribution in [2.24, 2.45) is 5.14 Å². The minimum Gasteiger partial charge on any atom is -0.347 e. The van der Waals surface area contributed by atoms with Gasteiger partial charge in [-0.25, -0.2) is 17.9 Å². The second-order valence-corrected chi connectivity index (χ2v) is 7.36. The summed E-state index contributed by atoms with van der Waals surface area (Å²) in [5.41, 5.74) is -0.366. The topological polar surface area (TPSA) is 89.3 Å². The third kappa shape index (κ3) is 4.01. The second-order valence-electron chi connectivity index (χ2n) is 5.80.